The van der Waals surface area contributed by atoms with Crippen LogP contribution < -0.4 is 10.1 Å². The number of amides is 1. The predicted molar refractivity (Wildman–Crippen MR) is 80.8 cm³/mol. The number of Topliss-reactive ketones (excluding diaryl/α,β-unsaturated/α-hetero) is 1. The van der Waals surface area contributed by atoms with Gasteiger partial charge in [-0.05, 0) is 39.8 Å². The topological polar surface area (TPSA) is 81.7 Å². The summed E-state index contributed by atoms with van der Waals surface area (Å²) in [4.78, 5) is 35.0. The van der Waals surface area contributed by atoms with E-state index in [2.05, 4.69) is 10.1 Å². The van der Waals surface area contributed by atoms with Crippen LogP contribution in [0, 0.1) is 0 Å². The number of carbonyl (C=O) groups is 3. The number of rotatable bonds is 6. The third-order valence-electron chi connectivity index (χ3n) is 3.05. The van der Waals surface area contributed by atoms with Gasteiger partial charge in [-0.3, -0.25) is 9.59 Å². The summed E-state index contributed by atoms with van der Waals surface area (Å²) in [6.07, 6.45) is -0.828. The van der Waals surface area contributed by atoms with Crippen molar-refractivity contribution in [1.29, 1.82) is 0 Å². The molecule has 0 aromatic heterocycles. The Bertz CT molecular complexity index is 580. The second-order valence-electron chi connectivity index (χ2n) is 5.45. The molecule has 0 aliphatic heterocycles. The molecular formula is C16H21NO5. The van der Waals surface area contributed by atoms with Crippen molar-refractivity contribution in [3.63, 3.8) is 0 Å². The zero-order chi connectivity index (χ0) is 16.9. The second kappa shape index (κ2) is 7.06. The van der Waals surface area contributed by atoms with Crippen LogP contribution in [0.5, 0.6) is 5.75 Å². The lowest BCUT2D eigenvalue weighted by Gasteiger charge is -2.25. The van der Waals surface area contributed by atoms with Crippen LogP contribution >= 0.6 is 0 Å². The van der Waals surface area contributed by atoms with E-state index in [1.54, 1.807) is 45.0 Å². The molecule has 1 N–H and O–H groups in total. The molecule has 1 atom stereocenters. The van der Waals surface area contributed by atoms with Gasteiger partial charge in [0.05, 0.1) is 7.11 Å². The fourth-order valence-electron chi connectivity index (χ4n) is 1.76. The lowest BCUT2D eigenvalue weighted by molar-refractivity contribution is -0.150. The molecular weight excluding hydrogens is 286 g/mol. The van der Waals surface area contributed by atoms with Gasteiger partial charge in [-0.1, -0.05) is 12.1 Å². The highest BCUT2D eigenvalue weighted by Crippen LogP contribution is 2.16. The van der Waals surface area contributed by atoms with Gasteiger partial charge in [-0.15, -0.1) is 0 Å². The van der Waals surface area contributed by atoms with Crippen molar-refractivity contribution in [3.8, 4) is 5.75 Å². The number of nitrogens with one attached hydrogen (secondary N) is 1. The first-order valence-electron chi connectivity index (χ1n) is 6.85. The van der Waals surface area contributed by atoms with Crippen molar-refractivity contribution in [2.24, 2.45) is 0 Å². The number of ketones is 1. The average Bonchev–Trinajstić information content (AvgIpc) is 2.45. The van der Waals surface area contributed by atoms with E-state index in [0.29, 0.717) is 11.3 Å². The minimum Gasteiger partial charge on any atom is -0.481 e. The van der Waals surface area contributed by atoms with Crippen LogP contribution in [0.4, 0.5) is 0 Å². The van der Waals surface area contributed by atoms with E-state index in [9.17, 15) is 14.4 Å². The average molecular weight is 307 g/mol. The highest BCUT2D eigenvalue weighted by molar-refractivity contribution is 5.94. The van der Waals surface area contributed by atoms with Gasteiger partial charge >= 0.3 is 5.97 Å². The fourth-order valence-corrected chi connectivity index (χ4v) is 1.76. The number of esters is 1. The second-order valence-corrected chi connectivity index (χ2v) is 5.45. The summed E-state index contributed by atoms with van der Waals surface area (Å²) < 4.78 is 10.1. The van der Waals surface area contributed by atoms with Crippen LogP contribution in [0.1, 0.15) is 38.1 Å². The summed E-state index contributed by atoms with van der Waals surface area (Å²) in [6.45, 7) is 6.09. The van der Waals surface area contributed by atoms with Crippen molar-refractivity contribution >= 4 is 17.7 Å². The van der Waals surface area contributed by atoms with Crippen molar-refractivity contribution < 1.29 is 23.9 Å². The Kier molecular flexibility index (Phi) is 5.68. The van der Waals surface area contributed by atoms with E-state index < -0.39 is 23.5 Å². The molecule has 6 nitrogen and oxygen atoms in total. The molecule has 120 valence electrons. The van der Waals surface area contributed by atoms with Gasteiger partial charge in [0.15, 0.2) is 11.9 Å². The standard InChI is InChI=1S/C16H21NO5/c1-10(18)12-7-6-8-13(9-12)22-11(2)14(19)17-16(3,4)15(20)21-5/h6-9,11H,1-5H3,(H,17,19)/t11-/m1/s1. The van der Waals surface area contributed by atoms with Crippen molar-refractivity contribution in [1.82, 2.24) is 5.32 Å². The third-order valence-corrected chi connectivity index (χ3v) is 3.05. The molecule has 0 bridgehead atoms. The van der Waals surface area contributed by atoms with Crippen molar-refractivity contribution in [2.45, 2.75) is 39.3 Å². The Labute approximate surface area is 129 Å². The fraction of sp³-hybridized carbons (Fsp3) is 0.438. The van der Waals surface area contributed by atoms with E-state index in [1.807, 2.05) is 0 Å². The van der Waals surface area contributed by atoms with E-state index >= 15 is 0 Å². The summed E-state index contributed by atoms with van der Waals surface area (Å²) in [7, 11) is 1.25. The minimum atomic E-state index is -1.15. The first-order chi connectivity index (χ1) is 10.2. The first-order valence-corrected chi connectivity index (χ1v) is 6.85. The Balaban J connectivity index is 2.74. The lowest BCUT2D eigenvalue weighted by Crippen LogP contribution is -2.53. The van der Waals surface area contributed by atoms with Crippen molar-refractivity contribution in [2.75, 3.05) is 7.11 Å². The normalized spacial score (nSPS) is 12.2. The van der Waals surface area contributed by atoms with Gasteiger partial charge < -0.3 is 14.8 Å². The molecule has 6 heteroatoms. The van der Waals surface area contributed by atoms with Gasteiger partial charge in [0.2, 0.25) is 0 Å². The molecule has 1 aromatic rings. The van der Waals surface area contributed by atoms with Gasteiger partial charge in [0.25, 0.3) is 5.91 Å². The summed E-state index contributed by atoms with van der Waals surface area (Å²) in [5.41, 5.74) is -0.648. The number of hydrogen-bond acceptors (Lipinski definition) is 5. The van der Waals surface area contributed by atoms with Gasteiger partial charge in [0, 0.05) is 5.56 Å². The van der Waals surface area contributed by atoms with Crippen LogP contribution in [0.15, 0.2) is 24.3 Å². The maximum Gasteiger partial charge on any atom is 0.330 e. The third kappa shape index (κ3) is 4.58. The summed E-state index contributed by atoms with van der Waals surface area (Å²) in [6, 6.07) is 6.56. The van der Waals surface area contributed by atoms with Crippen LogP contribution in [0.2, 0.25) is 0 Å². The molecule has 0 saturated carbocycles. The lowest BCUT2D eigenvalue weighted by atomic mass is 10.1. The highest BCUT2D eigenvalue weighted by Gasteiger charge is 2.32. The van der Waals surface area contributed by atoms with Crippen LogP contribution in [-0.4, -0.2) is 36.4 Å². The summed E-state index contributed by atoms with van der Waals surface area (Å²) >= 11 is 0. The number of ether oxygens (including phenoxy) is 2. The molecule has 1 aromatic carbocycles. The number of benzene rings is 1. The van der Waals surface area contributed by atoms with E-state index in [-0.39, 0.29) is 5.78 Å². The zero-order valence-corrected chi connectivity index (χ0v) is 13.4. The quantitative estimate of drug-likeness (QED) is 0.639. The smallest absolute Gasteiger partial charge is 0.330 e. The van der Waals surface area contributed by atoms with Crippen LogP contribution in [-0.2, 0) is 14.3 Å². The molecule has 0 saturated heterocycles. The molecule has 0 fully saturated rings. The molecule has 22 heavy (non-hydrogen) atoms. The maximum atomic E-state index is 12.1. The van der Waals surface area contributed by atoms with Crippen molar-refractivity contribution in [3.05, 3.63) is 29.8 Å². The number of hydrogen-bond donors (Lipinski definition) is 1. The summed E-state index contributed by atoms with van der Waals surface area (Å²) in [5.74, 6) is -0.684. The molecule has 0 radical (unpaired) electrons. The number of carbonyl (C=O) groups excluding carboxylic acids is 3. The first kappa shape index (κ1) is 17.7. The van der Waals surface area contributed by atoms with Crippen LogP contribution in [0.25, 0.3) is 0 Å². The summed E-state index contributed by atoms with van der Waals surface area (Å²) in [5, 5.41) is 2.56. The molecule has 0 unspecified atom stereocenters. The Morgan fingerprint density at radius 1 is 1.23 bits per heavy atom. The Morgan fingerprint density at radius 3 is 2.41 bits per heavy atom. The predicted octanol–water partition coefficient (Wildman–Crippen LogP) is 1.72. The monoisotopic (exact) mass is 307 g/mol. The van der Waals surface area contributed by atoms with Gasteiger partial charge in [-0.25, -0.2) is 4.79 Å². The molecule has 0 aliphatic carbocycles. The van der Waals surface area contributed by atoms with Gasteiger partial charge in [0.1, 0.15) is 11.3 Å². The van der Waals surface area contributed by atoms with E-state index in [1.165, 1.54) is 14.0 Å². The molecule has 0 spiro atoms. The SMILES string of the molecule is COC(=O)C(C)(C)NC(=O)[C@@H](C)Oc1cccc(C(C)=O)c1. The molecule has 1 amide bonds. The molecule has 1 rings (SSSR count). The highest BCUT2D eigenvalue weighted by atomic mass is 16.5. The van der Waals surface area contributed by atoms with E-state index in [0.717, 1.165) is 0 Å². The van der Waals surface area contributed by atoms with Crippen LogP contribution in [0.3, 0.4) is 0 Å². The van der Waals surface area contributed by atoms with E-state index in [4.69, 9.17) is 4.74 Å². The number of methoxy groups -OCH3 is 1. The molecule has 0 aliphatic rings. The zero-order valence-electron chi connectivity index (χ0n) is 13.4. The Morgan fingerprint density at radius 2 is 1.86 bits per heavy atom. The largest absolute Gasteiger partial charge is 0.481 e. The maximum absolute atomic E-state index is 12.1. The molecule has 0 heterocycles. The minimum absolute atomic E-state index is 0.0885. The van der Waals surface area contributed by atoms with Gasteiger partial charge in [-0.2, -0.15) is 0 Å². The Hall–Kier alpha value is -2.37.